The Balaban J connectivity index is 3.17. The number of rotatable bonds is 2. The van der Waals surface area contributed by atoms with Crippen LogP contribution in [0.2, 0.25) is 0 Å². The largest absolute Gasteiger partial charge is 0.384 e. The molecule has 4 nitrogen and oxygen atoms in total. The van der Waals surface area contributed by atoms with Gasteiger partial charge in [-0.3, -0.25) is 10.4 Å². The third kappa shape index (κ3) is 1.53. The molecule has 0 saturated carbocycles. The van der Waals surface area contributed by atoms with Gasteiger partial charge in [-0.15, -0.1) is 0 Å². The maximum atomic E-state index is 7.28. The Morgan fingerprint density at radius 3 is 2.67 bits per heavy atom. The second-order valence-corrected chi connectivity index (χ2v) is 2.70. The smallest absolute Gasteiger partial charge is 0.126 e. The van der Waals surface area contributed by atoms with E-state index in [1.807, 2.05) is 25.1 Å². The van der Waals surface area contributed by atoms with Gasteiger partial charge in [-0.25, -0.2) is 0 Å². The van der Waals surface area contributed by atoms with E-state index in [4.69, 9.17) is 11.1 Å². The van der Waals surface area contributed by atoms with Crippen LogP contribution in [0.15, 0.2) is 18.5 Å². The van der Waals surface area contributed by atoms with Crippen LogP contribution in [0.4, 0.5) is 5.69 Å². The van der Waals surface area contributed by atoms with E-state index in [9.17, 15) is 0 Å². The zero-order chi connectivity index (χ0) is 9.14. The molecule has 4 heteroatoms. The summed E-state index contributed by atoms with van der Waals surface area (Å²) in [6, 6.07) is 1.83. The second kappa shape index (κ2) is 3.21. The minimum Gasteiger partial charge on any atom is -0.384 e. The van der Waals surface area contributed by atoms with E-state index < -0.39 is 0 Å². The highest BCUT2D eigenvalue weighted by atomic mass is 15.1. The van der Waals surface area contributed by atoms with Crippen LogP contribution in [0.25, 0.3) is 0 Å². The summed E-state index contributed by atoms with van der Waals surface area (Å²) in [5, 5.41) is 7.28. The summed E-state index contributed by atoms with van der Waals surface area (Å²) in [5.41, 5.74) is 6.95. The summed E-state index contributed by atoms with van der Waals surface area (Å²) in [5.74, 6) is 0.0480. The first-order valence-electron chi connectivity index (χ1n) is 3.58. The van der Waals surface area contributed by atoms with Crippen LogP contribution < -0.4 is 10.6 Å². The number of nitrogens with one attached hydrogen (secondary N) is 1. The molecular formula is C8H12N4. The maximum absolute atomic E-state index is 7.28. The number of hydrogen-bond donors (Lipinski definition) is 2. The van der Waals surface area contributed by atoms with E-state index in [1.165, 1.54) is 0 Å². The Morgan fingerprint density at radius 1 is 1.58 bits per heavy atom. The molecule has 0 radical (unpaired) electrons. The molecule has 1 rings (SSSR count). The number of aromatic nitrogens is 1. The topological polar surface area (TPSA) is 66.0 Å². The number of amidine groups is 1. The fourth-order valence-corrected chi connectivity index (χ4v) is 0.985. The van der Waals surface area contributed by atoms with Gasteiger partial charge in [-0.2, -0.15) is 0 Å². The number of hydrogen-bond acceptors (Lipinski definition) is 3. The minimum absolute atomic E-state index is 0.0480. The maximum Gasteiger partial charge on any atom is 0.126 e. The molecule has 1 aromatic heterocycles. The predicted molar refractivity (Wildman–Crippen MR) is 49.6 cm³/mol. The van der Waals surface area contributed by atoms with Crippen molar-refractivity contribution in [3.63, 3.8) is 0 Å². The van der Waals surface area contributed by atoms with E-state index in [1.54, 1.807) is 12.4 Å². The number of nitrogen functional groups attached to an aromatic ring is 1. The highest BCUT2D eigenvalue weighted by Crippen LogP contribution is 2.15. The highest BCUT2D eigenvalue weighted by molar-refractivity contribution is 5.99. The van der Waals surface area contributed by atoms with Crippen molar-refractivity contribution >= 4 is 11.5 Å². The Labute approximate surface area is 71.5 Å². The van der Waals surface area contributed by atoms with Crippen LogP contribution in [0.1, 0.15) is 5.56 Å². The first kappa shape index (κ1) is 8.52. The van der Waals surface area contributed by atoms with Gasteiger partial charge in [-0.1, -0.05) is 0 Å². The zero-order valence-electron chi connectivity index (χ0n) is 7.20. The zero-order valence-corrected chi connectivity index (χ0v) is 7.20. The van der Waals surface area contributed by atoms with Crippen LogP contribution in [0.5, 0.6) is 0 Å². The van der Waals surface area contributed by atoms with Crippen LogP contribution in [-0.2, 0) is 0 Å². The number of pyridine rings is 1. The molecule has 0 spiro atoms. The van der Waals surface area contributed by atoms with Gasteiger partial charge in [0.2, 0.25) is 0 Å². The fourth-order valence-electron chi connectivity index (χ4n) is 0.985. The molecule has 0 bridgehead atoms. The van der Waals surface area contributed by atoms with Crippen molar-refractivity contribution in [2.45, 2.75) is 0 Å². The number of nitrogens with zero attached hydrogens (tertiary/aromatic N) is 2. The SMILES string of the molecule is CN(C)c1ccncc1C(=N)N. The van der Waals surface area contributed by atoms with Crippen LogP contribution in [0, 0.1) is 5.41 Å². The van der Waals surface area contributed by atoms with Crippen molar-refractivity contribution in [2.75, 3.05) is 19.0 Å². The van der Waals surface area contributed by atoms with Crippen LogP contribution in [-0.4, -0.2) is 24.9 Å². The monoisotopic (exact) mass is 164 g/mol. The lowest BCUT2D eigenvalue weighted by molar-refractivity contribution is 1.11. The molecule has 0 unspecified atom stereocenters. The molecule has 1 aromatic rings. The van der Waals surface area contributed by atoms with Gasteiger partial charge in [0.15, 0.2) is 0 Å². The van der Waals surface area contributed by atoms with Crippen molar-refractivity contribution in [3.8, 4) is 0 Å². The predicted octanol–water partition coefficient (Wildman–Crippen LogP) is 0.432. The second-order valence-electron chi connectivity index (χ2n) is 2.70. The Morgan fingerprint density at radius 2 is 2.25 bits per heavy atom. The van der Waals surface area contributed by atoms with E-state index >= 15 is 0 Å². The first-order chi connectivity index (χ1) is 5.63. The quantitative estimate of drug-likeness (QED) is 0.492. The van der Waals surface area contributed by atoms with E-state index in [2.05, 4.69) is 4.98 Å². The van der Waals surface area contributed by atoms with Crippen molar-refractivity contribution in [1.29, 1.82) is 5.41 Å². The summed E-state index contributed by atoms with van der Waals surface area (Å²) in [6.45, 7) is 0. The van der Waals surface area contributed by atoms with Crippen molar-refractivity contribution in [2.24, 2.45) is 5.73 Å². The van der Waals surface area contributed by atoms with Gasteiger partial charge < -0.3 is 10.6 Å². The van der Waals surface area contributed by atoms with E-state index in [-0.39, 0.29) is 5.84 Å². The van der Waals surface area contributed by atoms with Gasteiger partial charge in [0.25, 0.3) is 0 Å². The van der Waals surface area contributed by atoms with Crippen LogP contribution >= 0.6 is 0 Å². The average molecular weight is 164 g/mol. The lowest BCUT2D eigenvalue weighted by Crippen LogP contribution is -2.18. The third-order valence-electron chi connectivity index (χ3n) is 1.57. The Kier molecular flexibility index (Phi) is 2.28. The summed E-state index contributed by atoms with van der Waals surface area (Å²) < 4.78 is 0. The molecule has 1 heterocycles. The van der Waals surface area contributed by atoms with Gasteiger partial charge in [0.05, 0.1) is 11.3 Å². The number of nitrogens with two attached hydrogens (primary N) is 1. The molecule has 3 N–H and O–H groups in total. The molecule has 0 amide bonds. The molecule has 64 valence electrons. The standard InChI is InChI=1S/C8H12N4/c1-12(2)7-3-4-11-5-6(7)8(9)10/h3-5H,1-2H3,(H3,9,10). The Hall–Kier alpha value is -1.58. The van der Waals surface area contributed by atoms with Crippen molar-refractivity contribution in [3.05, 3.63) is 24.0 Å². The van der Waals surface area contributed by atoms with Gasteiger partial charge >= 0.3 is 0 Å². The van der Waals surface area contributed by atoms with Crippen LogP contribution in [0.3, 0.4) is 0 Å². The molecule has 0 fully saturated rings. The molecule has 0 atom stereocenters. The fraction of sp³-hybridized carbons (Fsp3) is 0.250. The summed E-state index contributed by atoms with van der Waals surface area (Å²) in [7, 11) is 3.81. The summed E-state index contributed by atoms with van der Waals surface area (Å²) in [6.07, 6.45) is 3.28. The van der Waals surface area contributed by atoms with Gasteiger partial charge in [-0.05, 0) is 6.07 Å². The third-order valence-corrected chi connectivity index (χ3v) is 1.57. The number of anilines is 1. The van der Waals surface area contributed by atoms with E-state index in [0.29, 0.717) is 5.56 Å². The summed E-state index contributed by atoms with van der Waals surface area (Å²) >= 11 is 0. The molecule has 0 aliphatic carbocycles. The van der Waals surface area contributed by atoms with Gasteiger partial charge in [0, 0.05) is 26.5 Å². The molecule has 12 heavy (non-hydrogen) atoms. The normalized spacial score (nSPS) is 9.50. The van der Waals surface area contributed by atoms with E-state index in [0.717, 1.165) is 5.69 Å². The molecule has 0 saturated heterocycles. The summed E-state index contributed by atoms with van der Waals surface area (Å²) in [4.78, 5) is 5.80. The Bertz CT molecular complexity index is 293. The minimum atomic E-state index is 0.0480. The molecule has 0 aliphatic rings. The van der Waals surface area contributed by atoms with Gasteiger partial charge in [0.1, 0.15) is 5.84 Å². The highest BCUT2D eigenvalue weighted by Gasteiger charge is 2.05. The lowest BCUT2D eigenvalue weighted by Gasteiger charge is -2.15. The van der Waals surface area contributed by atoms with Crippen molar-refractivity contribution in [1.82, 2.24) is 4.98 Å². The molecule has 0 aliphatic heterocycles. The average Bonchev–Trinajstić information content (AvgIpc) is 2.04. The molecule has 0 aromatic carbocycles. The van der Waals surface area contributed by atoms with Crippen molar-refractivity contribution < 1.29 is 0 Å². The lowest BCUT2D eigenvalue weighted by atomic mass is 10.2. The molecular weight excluding hydrogens is 152 g/mol. The first-order valence-corrected chi connectivity index (χ1v) is 3.58.